The second kappa shape index (κ2) is 7.93. The molecule has 8 saturated carbocycles. The van der Waals surface area contributed by atoms with Crippen LogP contribution >= 0.6 is 0 Å². The first kappa shape index (κ1) is 23.0. The highest BCUT2D eigenvalue weighted by molar-refractivity contribution is 5.76. The van der Waals surface area contributed by atoms with Gasteiger partial charge in [-0.25, -0.2) is 0 Å². The molecule has 8 fully saturated rings. The average molecular weight is 484 g/mol. The Hall–Kier alpha value is -2.13. The number of rotatable bonds is 3. The maximum absolute atomic E-state index is 11.8. The van der Waals surface area contributed by atoms with Crippen molar-refractivity contribution in [3.63, 3.8) is 0 Å². The Morgan fingerprint density at radius 2 is 1.06 bits per heavy atom. The van der Waals surface area contributed by atoms with Gasteiger partial charge >= 0.3 is 5.97 Å². The standard InChI is InChI=1S/C17H20O2.C16H21N/c18-15(19)17-9-12-6-13(10-17)8-16(7-12,11-17)14-4-2-1-3-5-14;17-16-9-12-6-13(10-16)8-15(7-12,11-16)14-4-2-1-3-5-14/h1-5,12-13H,6-11H2,(H,18,19);1-5,12-13H,6-11,17H2. The van der Waals surface area contributed by atoms with Crippen LogP contribution in [0.5, 0.6) is 0 Å². The smallest absolute Gasteiger partial charge is 0.309 e. The topological polar surface area (TPSA) is 63.3 Å². The fourth-order valence-electron chi connectivity index (χ4n) is 11.1. The third-order valence-electron chi connectivity index (χ3n) is 11.4. The van der Waals surface area contributed by atoms with Gasteiger partial charge in [0.25, 0.3) is 0 Å². The van der Waals surface area contributed by atoms with Gasteiger partial charge in [0.05, 0.1) is 5.41 Å². The van der Waals surface area contributed by atoms with Gasteiger partial charge in [-0.2, -0.15) is 0 Å². The molecule has 0 radical (unpaired) electrons. The number of hydrogen-bond donors (Lipinski definition) is 2. The molecule has 0 aromatic heterocycles. The monoisotopic (exact) mass is 483 g/mol. The molecule has 2 aromatic carbocycles. The zero-order valence-corrected chi connectivity index (χ0v) is 21.5. The fraction of sp³-hybridized carbons (Fsp3) is 0.606. The number of benzene rings is 2. The van der Waals surface area contributed by atoms with Gasteiger partial charge in [-0.3, -0.25) is 4.79 Å². The Balaban J connectivity index is 0.000000123. The van der Waals surface area contributed by atoms with Crippen molar-refractivity contribution in [2.24, 2.45) is 34.8 Å². The molecular weight excluding hydrogens is 442 g/mol. The summed E-state index contributed by atoms with van der Waals surface area (Å²) in [6, 6.07) is 21.8. The predicted molar refractivity (Wildman–Crippen MR) is 143 cm³/mol. The highest BCUT2D eigenvalue weighted by Gasteiger charge is 2.61. The number of aliphatic carboxylic acids is 1. The normalized spacial score (nSPS) is 45.2. The zero-order valence-electron chi connectivity index (χ0n) is 21.5. The summed E-state index contributed by atoms with van der Waals surface area (Å²) in [5.41, 5.74) is 9.92. The summed E-state index contributed by atoms with van der Waals surface area (Å²) in [7, 11) is 0. The molecule has 2 aromatic rings. The molecule has 0 aliphatic heterocycles. The van der Waals surface area contributed by atoms with Crippen molar-refractivity contribution in [2.45, 2.75) is 93.4 Å². The lowest BCUT2D eigenvalue weighted by atomic mass is 9.43. The average Bonchev–Trinajstić information content (AvgIpc) is 2.83. The molecule has 190 valence electrons. The minimum atomic E-state index is -0.540. The largest absolute Gasteiger partial charge is 0.481 e. The Labute approximate surface area is 215 Å². The molecule has 8 bridgehead atoms. The van der Waals surface area contributed by atoms with E-state index in [1.54, 1.807) is 5.56 Å². The van der Waals surface area contributed by atoms with Crippen LogP contribution in [-0.2, 0) is 15.6 Å². The predicted octanol–water partition coefficient (Wildman–Crippen LogP) is 6.84. The molecule has 3 nitrogen and oxygen atoms in total. The Morgan fingerprint density at radius 3 is 1.47 bits per heavy atom. The first-order chi connectivity index (χ1) is 17.3. The Kier molecular flexibility index (Phi) is 5.07. The Bertz CT molecular complexity index is 1110. The molecule has 8 aliphatic carbocycles. The SMILES string of the molecule is NC12CC3CC(C1)CC(c1ccccc1)(C3)C2.O=C(O)C12CC3CC(C1)CC(c1ccccc1)(C3)C2. The molecule has 36 heavy (non-hydrogen) atoms. The van der Waals surface area contributed by atoms with Crippen molar-refractivity contribution in [3.8, 4) is 0 Å². The van der Waals surface area contributed by atoms with E-state index in [1.807, 2.05) is 0 Å². The third-order valence-corrected chi connectivity index (χ3v) is 11.4. The Morgan fingerprint density at radius 1 is 0.639 bits per heavy atom. The summed E-state index contributed by atoms with van der Waals surface area (Å²) in [5, 5.41) is 9.74. The van der Waals surface area contributed by atoms with Crippen LogP contribution in [-0.4, -0.2) is 16.6 Å². The maximum Gasteiger partial charge on any atom is 0.309 e. The van der Waals surface area contributed by atoms with Crippen LogP contribution in [0.2, 0.25) is 0 Å². The number of carboxylic acid groups (broad SMARTS) is 1. The molecule has 0 spiro atoms. The van der Waals surface area contributed by atoms with Gasteiger partial charge in [0.15, 0.2) is 0 Å². The van der Waals surface area contributed by atoms with Crippen LogP contribution in [0.25, 0.3) is 0 Å². The molecule has 8 aliphatic rings. The third kappa shape index (κ3) is 3.60. The molecule has 3 heteroatoms. The van der Waals surface area contributed by atoms with E-state index in [1.165, 1.54) is 63.4 Å². The van der Waals surface area contributed by atoms with Crippen molar-refractivity contribution in [2.75, 3.05) is 0 Å². The number of carboxylic acids is 1. The lowest BCUT2D eigenvalue weighted by Gasteiger charge is -2.61. The second-order valence-electron chi connectivity index (χ2n) is 14.2. The van der Waals surface area contributed by atoms with Crippen molar-refractivity contribution < 1.29 is 9.90 Å². The highest BCUT2D eigenvalue weighted by atomic mass is 16.4. The van der Waals surface area contributed by atoms with Gasteiger partial charge in [0.1, 0.15) is 0 Å². The van der Waals surface area contributed by atoms with Crippen LogP contribution < -0.4 is 5.73 Å². The van der Waals surface area contributed by atoms with Crippen molar-refractivity contribution in [1.29, 1.82) is 0 Å². The molecule has 0 saturated heterocycles. The van der Waals surface area contributed by atoms with Crippen LogP contribution in [0.3, 0.4) is 0 Å². The molecule has 3 N–H and O–H groups in total. The van der Waals surface area contributed by atoms with Gasteiger partial charge in [-0.15, -0.1) is 0 Å². The number of carbonyl (C=O) groups is 1. The summed E-state index contributed by atoms with van der Waals surface area (Å²) in [6.45, 7) is 0. The summed E-state index contributed by atoms with van der Waals surface area (Å²) >= 11 is 0. The van der Waals surface area contributed by atoms with E-state index in [-0.39, 0.29) is 11.0 Å². The fourth-order valence-corrected chi connectivity index (χ4v) is 11.1. The van der Waals surface area contributed by atoms with E-state index in [0.29, 0.717) is 17.3 Å². The van der Waals surface area contributed by atoms with Crippen LogP contribution in [0.15, 0.2) is 60.7 Å². The molecular formula is C33H41NO2. The van der Waals surface area contributed by atoms with Crippen molar-refractivity contribution >= 4 is 5.97 Å². The number of nitrogens with two attached hydrogens (primary N) is 1. The summed E-state index contributed by atoms with van der Waals surface area (Å²) in [6.07, 6.45) is 14.5. The summed E-state index contributed by atoms with van der Waals surface area (Å²) in [5.74, 6) is 2.54. The van der Waals surface area contributed by atoms with Crippen molar-refractivity contribution in [3.05, 3.63) is 71.8 Å². The van der Waals surface area contributed by atoms with Gasteiger partial charge in [-0.05, 0) is 123 Å². The molecule has 0 amide bonds. The summed E-state index contributed by atoms with van der Waals surface area (Å²) < 4.78 is 0. The van der Waals surface area contributed by atoms with Gasteiger partial charge in [0.2, 0.25) is 0 Å². The van der Waals surface area contributed by atoms with Gasteiger partial charge in [-0.1, -0.05) is 60.7 Å². The van der Waals surface area contributed by atoms with E-state index in [0.717, 1.165) is 31.1 Å². The first-order valence-electron chi connectivity index (χ1n) is 14.4. The molecule has 4 atom stereocenters. The highest BCUT2D eigenvalue weighted by Crippen LogP contribution is 2.66. The lowest BCUT2D eigenvalue weighted by Crippen LogP contribution is -2.61. The maximum atomic E-state index is 11.8. The van der Waals surface area contributed by atoms with E-state index in [9.17, 15) is 9.90 Å². The minimum absolute atomic E-state index is 0.156. The van der Waals surface area contributed by atoms with E-state index in [2.05, 4.69) is 60.7 Å². The van der Waals surface area contributed by atoms with Crippen LogP contribution in [0.4, 0.5) is 0 Å². The number of hydrogen-bond acceptors (Lipinski definition) is 2. The molecule has 10 rings (SSSR count). The van der Waals surface area contributed by atoms with Crippen molar-refractivity contribution in [1.82, 2.24) is 0 Å². The van der Waals surface area contributed by atoms with E-state index in [4.69, 9.17) is 5.73 Å². The first-order valence-corrected chi connectivity index (χ1v) is 14.4. The second-order valence-corrected chi connectivity index (χ2v) is 14.2. The van der Waals surface area contributed by atoms with E-state index < -0.39 is 11.4 Å². The molecule has 0 heterocycles. The summed E-state index contributed by atoms with van der Waals surface area (Å²) in [4.78, 5) is 11.8. The quantitative estimate of drug-likeness (QED) is 0.502. The minimum Gasteiger partial charge on any atom is -0.481 e. The van der Waals surface area contributed by atoms with Crippen LogP contribution in [0, 0.1) is 29.1 Å². The van der Waals surface area contributed by atoms with E-state index >= 15 is 0 Å². The lowest BCUT2D eigenvalue weighted by molar-refractivity contribution is -0.167. The van der Waals surface area contributed by atoms with Gasteiger partial charge < -0.3 is 10.8 Å². The van der Waals surface area contributed by atoms with Crippen LogP contribution in [0.1, 0.15) is 88.2 Å². The molecule has 4 unspecified atom stereocenters. The zero-order chi connectivity index (χ0) is 24.6. The van der Waals surface area contributed by atoms with Gasteiger partial charge in [0, 0.05) is 5.54 Å².